The molecule has 92 valence electrons. The summed E-state index contributed by atoms with van der Waals surface area (Å²) < 4.78 is 18.5. The fourth-order valence-corrected chi connectivity index (χ4v) is 1.30. The largest absolute Gasteiger partial charge is 0.481 e. The molecule has 1 rings (SSSR count). The van der Waals surface area contributed by atoms with E-state index in [4.69, 9.17) is 11.2 Å². The third-order valence-corrected chi connectivity index (χ3v) is 2.08. The predicted molar refractivity (Wildman–Crippen MR) is 67.3 cm³/mol. The van der Waals surface area contributed by atoms with Crippen LogP contribution in [-0.4, -0.2) is 12.1 Å². The van der Waals surface area contributed by atoms with Crippen molar-refractivity contribution in [2.45, 2.75) is 32.9 Å². The zero-order chi connectivity index (χ0) is 12.9. The van der Waals surface area contributed by atoms with Gasteiger partial charge in [-0.3, -0.25) is 0 Å². The van der Waals surface area contributed by atoms with Crippen LogP contribution in [0, 0.1) is 18.2 Å². The van der Waals surface area contributed by atoms with Crippen LogP contribution < -0.4 is 10.1 Å². The molecule has 0 heterocycles. The zero-order valence-corrected chi connectivity index (χ0v) is 10.5. The molecule has 0 bridgehead atoms. The highest BCUT2D eigenvalue weighted by molar-refractivity contribution is 5.30. The van der Waals surface area contributed by atoms with Crippen molar-refractivity contribution >= 4 is 0 Å². The molecule has 0 spiro atoms. The van der Waals surface area contributed by atoms with Gasteiger partial charge in [0.25, 0.3) is 0 Å². The molecule has 0 aliphatic rings. The average Bonchev–Trinajstić information content (AvgIpc) is 2.22. The molecule has 0 aliphatic carbocycles. The molecule has 0 aromatic heterocycles. The Balaban J connectivity index is 2.72. The Labute approximate surface area is 102 Å². The molecule has 1 N–H and O–H groups in total. The summed E-state index contributed by atoms with van der Waals surface area (Å²) in [6, 6.07) is 4.61. The molecule has 2 nitrogen and oxygen atoms in total. The third-order valence-electron chi connectivity index (χ3n) is 2.08. The lowest BCUT2D eigenvalue weighted by molar-refractivity contribution is 0.366. The summed E-state index contributed by atoms with van der Waals surface area (Å²) in [5.74, 6) is 2.50. The summed E-state index contributed by atoms with van der Waals surface area (Å²) in [5.41, 5.74) is 0.832. The Morgan fingerprint density at radius 1 is 1.35 bits per heavy atom. The summed E-state index contributed by atoms with van der Waals surface area (Å²) in [6.45, 7) is 6.91. The molecule has 1 aromatic carbocycles. The van der Waals surface area contributed by atoms with Crippen LogP contribution in [0.15, 0.2) is 18.2 Å². The van der Waals surface area contributed by atoms with E-state index in [0.717, 1.165) is 5.56 Å². The number of rotatable bonds is 4. The van der Waals surface area contributed by atoms with E-state index < -0.39 is 0 Å². The van der Waals surface area contributed by atoms with Gasteiger partial charge in [-0.15, -0.1) is 6.42 Å². The minimum absolute atomic E-state index is 0.00779. The number of hydrogen-bond acceptors (Lipinski definition) is 2. The first-order chi connectivity index (χ1) is 7.90. The van der Waals surface area contributed by atoms with Crippen LogP contribution in [0.25, 0.3) is 0 Å². The first kappa shape index (κ1) is 13.5. The van der Waals surface area contributed by atoms with Crippen LogP contribution in [0.4, 0.5) is 4.39 Å². The minimum atomic E-state index is -0.315. The highest BCUT2D eigenvalue weighted by Crippen LogP contribution is 2.17. The van der Waals surface area contributed by atoms with Crippen molar-refractivity contribution in [3.8, 4) is 18.1 Å². The van der Waals surface area contributed by atoms with Gasteiger partial charge in [0.1, 0.15) is 18.2 Å². The number of benzene rings is 1. The maximum absolute atomic E-state index is 13.3. The van der Waals surface area contributed by atoms with E-state index in [1.54, 1.807) is 6.07 Å². The molecule has 0 unspecified atom stereocenters. The first-order valence-electron chi connectivity index (χ1n) is 5.51. The topological polar surface area (TPSA) is 21.3 Å². The van der Waals surface area contributed by atoms with Crippen molar-refractivity contribution in [3.05, 3.63) is 29.6 Å². The molecule has 0 atom stereocenters. The van der Waals surface area contributed by atoms with Crippen molar-refractivity contribution in [2.24, 2.45) is 0 Å². The van der Waals surface area contributed by atoms with Gasteiger partial charge in [-0.2, -0.15) is 0 Å². The zero-order valence-electron chi connectivity index (χ0n) is 10.5. The second-order valence-corrected chi connectivity index (χ2v) is 4.89. The summed E-state index contributed by atoms with van der Waals surface area (Å²) >= 11 is 0. The Morgan fingerprint density at radius 2 is 2.06 bits per heavy atom. The van der Waals surface area contributed by atoms with E-state index in [2.05, 4.69) is 32.0 Å². The van der Waals surface area contributed by atoms with Crippen LogP contribution in [0.2, 0.25) is 0 Å². The second kappa shape index (κ2) is 5.70. The van der Waals surface area contributed by atoms with Crippen molar-refractivity contribution in [2.75, 3.05) is 6.61 Å². The molecule has 0 saturated carbocycles. The molecular formula is C14H18FNO. The number of terminal acetylenes is 1. The predicted octanol–water partition coefficient (Wildman–Crippen LogP) is 2.73. The highest BCUT2D eigenvalue weighted by atomic mass is 19.1. The maximum atomic E-state index is 13.3. The van der Waals surface area contributed by atoms with Gasteiger partial charge in [0.05, 0.1) is 0 Å². The van der Waals surface area contributed by atoms with Gasteiger partial charge in [0.15, 0.2) is 0 Å². The van der Waals surface area contributed by atoms with Crippen molar-refractivity contribution in [1.82, 2.24) is 5.32 Å². The molecule has 0 aliphatic heterocycles. The molecule has 0 amide bonds. The maximum Gasteiger partial charge on any atom is 0.148 e. The fourth-order valence-electron chi connectivity index (χ4n) is 1.30. The van der Waals surface area contributed by atoms with Crippen molar-refractivity contribution in [1.29, 1.82) is 0 Å². The van der Waals surface area contributed by atoms with Crippen LogP contribution in [-0.2, 0) is 6.54 Å². The summed E-state index contributed by atoms with van der Waals surface area (Å²) in [4.78, 5) is 0. The Hall–Kier alpha value is -1.53. The quantitative estimate of drug-likeness (QED) is 0.810. The number of hydrogen-bond donors (Lipinski definition) is 1. The number of halogens is 1. The van der Waals surface area contributed by atoms with Crippen LogP contribution in [0.3, 0.4) is 0 Å². The molecular weight excluding hydrogens is 217 g/mol. The fraction of sp³-hybridized carbons (Fsp3) is 0.429. The van der Waals surface area contributed by atoms with Crippen molar-refractivity contribution in [3.63, 3.8) is 0 Å². The van der Waals surface area contributed by atoms with E-state index in [-0.39, 0.29) is 18.0 Å². The molecule has 3 heteroatoms. The lowest BCUT2D eigenvalue weighted by Crippen LogP contribution is -2.35. The summed E-state index contributed by atoms with van der Waals surface area (Å²) in [6.07, 6.45) is 5.09. The van der Waals surface area contributed by atoms with Gasteiger partial charge in [-0.25, -0.2) is 4.39 Å². The van der Waals surface area contributed by atoms with Crippen LogP contribution in [0.1, 0.15) is 26.3 Å². The molecule has 0 fully saturated rings. The Bertz CT molecular complexity index is 415. The standard InChI is InChI=1S/C14H18FNO/c1-5-6-17-13-8-11(7-12(15)9-13)10-16-14(2,3)4/h1,7-9,16H,6,10H2,2-4H3. The monoisotopic (exact) mass is 235 g/mol. The lowest BCUT2D eigenvalue weighted by Gasteiger charge is -2.20. The molecule has 0 radical (unpaired) electrons. The SMILES string of the molecule is C#CCOc1cc(F)cc(CNC(C)(C)C)c1. The van der Waals surface area contributed by atoms with E-state index in [0.29, 0.717) is 12.3 Å². The highest BCUT2D eigenvalue weighted by Gasteiger charge is 2.09. The summed E-state index contributed by atoms with van der Waals surface area (Å²) in [5, 5.41) is 3.29. The number of nitrogens with one attached hydrogen (secondary N) is 1. The smallest absolute Gasteiger partial charge is 0.148 e. The molecule has 0 saturated heterocycles. The Morgan fingerprint density at radius 3 is 2.65 bits per heavy atom. The van der Waals surface area contributed by atoms with Crippen molar-refractivity contribution < 1.29 is 9.13 Å². The molecule has 17 heavy (non-hydrogen) atoms. The van der Waals surface area contributed by atoms with Gasteiger partial charge in [-0.05, 0) is 38.5 Å². The van der Waals surface area contributed by atoms with Gasteiger partial charge < -0.3 is 10.1 Å². The molecule has 1 aromatic rings. The Kier molecular flexibility index (Phi) is 4.53. The average molecular weight is 235 g/mol. The van der Waals surface area contributed by atoms with Gasteiger partial charge >= 0.3 is 0 Å². The second-order valence-electron chi connectivity index (χ2n) is 4.89. The summed E-state index contributed by atoms with van der Waals surface area (Å²) in [7, 11) is 0. The number of ether oxygens (including phenoxy) is 1. The van der Waals surface area contributed by atoms with Gasteiger partial charge in [0, 0.05) is 18.2 Å². The van der Waals surface area contributed by atoms with E-state index in [1.165, 1.54) is 12.1 Å². The first-order valence-corrected chi connectivity index (χ1v) is 5.51. The van der Waals surface area contributed by atoms with Gasteiger partial charge in [-0.1, -0.05) is 5.92 Å². The van der Waals surface area contributed by atoms with E-state index in [1.807, 2.05) is 0 Å². The van der Waals surface area contributed by atoms with Crippen LogP contribution >= 0.6 is 0 Å². The van der Waals surface area contributed by atoms with E-state index in [9.17, 15) is 4.39 Å². The minimum Gasteiger partial charge on any atom is -0.481 e. The third kappa shape index (κ3) is 5.37. The van der Waals surface area contributed by atoms with Gasteiger partial charge in [0.2, 0.25) is 0 Å². The van der Waals surface area contributed by atoms with E-state index >= 15 is 0 Å². The van der Waals surface area contributed by atoms with Crippen LogP contribution in [0.5, 0.6) is 5.75 Å². The lowest BCUT2D eigenvalue weighted by atomic mass is 10.1. The normalized spacial score (nSPS) is 11.0.